The molecule has 1 saturated heterocycles. The van der Waals surface area contributed by atoms with E-state index >= 15 is 0 Å². The van der Waals surface area contributed by atoms with Gasteiger partial charge in [-0.2, -0.15) is 0 Å². The van der Waals surface area contributed by atoms with Crippen LogP contribution in [-0.4, -0.2) is 52.1 Å². The first kappa shape index (κ1) is 17.9. The molecule has 0 saturated carbocycles. The maximum Gasteiger partial charge on any atom is 0.254 e. The summed E-state index contributed by atoms with van der Waals surface area (Å²) in [7, 11) is -2.16. The van der Waals surface area contributed by atoms with Crippen LogP contribution in [0.15, 0.2) is 23.1 Å². The van der Waals surface area contributed by atoms with Gasteiger partial charge in [-0.05, 0) is 44.4 Å². The lowest BCUT2D eigenvalue weighted by Crippen LogP contribution is -2.36. The van der Waals surface area contributed by atoms with E-state index in [0.717, 1.165) is 31.5 Å². The Balaban J connectivity index is 2.27. The Morgan fingerprint density at radius 1 is 1.35 bits per heavy atom. The van der Waals surface area contributed by atoms with Gasteiger partial charge in [-0.3, -0.25) is 4.79 Å². The second-order valence-electron chi connectivity index (χ2n) is 5.95. The van der Waals surface area contributed by atoms with Gasteiger partial charge in [0, 0.05) is 31.8 Å². The third kappa shape index (κ3) is 4.31. The van der Waals surface area contributed by atoms with E-state index < -0.39 is 10.0 Å². The van der Waals surface area contributed by atoms with Crippen molar-refractivity contribution in [1.82, 2.24) is 9.62 Å². The molecular weight excluding hydrogens is 316 g/mol. The number of benzene rings is 1. The highest BCUT2D eigenvalue weighted by Gasteiger charge is 2.24. The summed E-state index contributed by atoms with van der Waals surface area (Å²) in [5, 5.41) is 0. The topological polar surface area (TPSA) is 75.7 Å². The average Bonchev–Trinajstić information content (AvgIpc) is 3.00. The smallest absolute Gasteiger partial charge is 0.254 e. The lowest BCUT2D eigenvalue weighted by Gasteiger charge is -2.18. The number of carbonyl (C=O) groups is 1. The second kappa shape index (κ2) is 7.42. The summed E-state index contributed by atoms with van der Waals surface area (Å²) >= 11 is 0. The van der Waals surface area contributed by atoms with Gasteiger partial charge in [-0.1, -0.05) is 6.07 Å². The zero-order valence-corrected chi connectivity index (χ0v) is 14.6. The Kier molecular flexibility index (Phi) is 5.78. The molecule has 1 aliphatic rings. The Hall–Kier alpha value is -1.44. The predicted octanol–water partition coefficient (Wildman–Crippen LogP) is 1.54. The highest BCUT2D eigenvalue weighted by Crippen LogP contribution is 2.20. The molecule has 1 aliphatic heterocycles. The van der Waals surface area contributed by atoms with Crippen molar-refractivity contribution >= 4 is 15.9 Å². The molecule has 1 heterocycles. The molecule has 1 amide bonds. The van der Waals surface area contributed by atoms with Crippen molar-refractivity contribution in [3.05, 3.63) is 29.3 Å². The number of nitrogens with one attached hydrogen (secondary N) is 1. The second-order valence-corrected chi connectivity index (χ2v) is 7.67. The van der Waals surface area contributed by atoms with Crippen LogP contribution >= 0.6 is 0 Å². The standard InChI is InChI=1S/C16H24N2O4S/c1-12-6-7-14(23(20,21)17-13(2)11-22-3)10-15(12)16(19)18-8-4-5-9-18/h6-7,10,13,17H,4-5,8-9,11H2,1-3H3/t13-/m1/s1. The van der Waals surface area contributed by atoms with E-state index in [2.05, 4.69) is 4.72 Å². The zero-order chi connectivity index (χ0) is 17.0. The molecule has 1 N–H and O–H groups in total. The first-order valence-electron chi connectivity index (χ1n) is 7.76. The van der Waals surface area contributed by atoms with Gasteiger partial charge in [0.1, 0.15) is 0 Å². The van der Waals surface area contributed by atoms with Crippen LogP contribution in [-0.2, 0) is 14.8 Å². The molecule has 0 bridgehead atoms. The number of sulfonamides is 1. The summed E-state index contributed by atoms with van der Waals surface area (Å²) in [6, 6.07) is 4.33. The minimum Gasteiger partial charge on any atom is -0.383 e. The van der Waals surface area contributed by atoms with Crippen molar-refractivity contribution in [2.75, 3.05) is 26.8 Å². The van der Waals surface area contributed by atoms with Gasteiger partial charge in [-0.25, -0.2) is 13.1 Å². The van der Waals surface area contributed by atoms with Crippen LogP contribution < -0.4 is 4.72 Å². The first-order valence-corrected chi connectivity index (χ1v) is 9.24. The van der Waals surface area contributed by atoms with Crippen molar-refractivity contribution in [2.45, 2.75) is 37.6 Å². The Morgan fingerprint density at radius 3 is 2.61 bits per heavy atom. The summed E-state index contributed by atoms with van der Waals surface area (Å²) in [6.07, 6.45) is 2.00. The summed E-state index contributed by atoms with van der Waals surface area (Å²) in [5.41, 5.74) is 1.24. The number of amides is 1. The van der Waals surface area contributed by atoms with E-state index in [0.29, 0.717) is 5.56 Å². The van der Waals surface area contributed by atoms with Crippen LogP contribution in [0.5, 0.6) is 0 Å². The number of nitrogens with zero attached hydrogens (tertiary/aromatic N) is 1. The summed E-state index contributed by atoms with van der Waals surface area (Å²) in [4.78, 5) is 14.4. The van der Waals surface area contributed by atoms with Crippen LogP contribution in [0.1, 0.15) is 35.7 Å². The lowest BCUT2D eigenvalue weighted by atomic mass is 10.1. The van der Waals surface area contributed by atoms with Crippen molar-refractivity contribution in [2.24, 2.45) is 0 Å². The third-order valence-corrected chi connectivity index (χ3v) is 5.50. The average molecular weight is 340 g/mol. The molecule has 2 rings (SSSR count). The summed E-state index contributed by atoms with van der Waals surface area (Å²) in [6.45, 7) is 5.30. The molecule has 0 unspecified atom stereocenters. The summed E-state index contributed by atoms with van der Waals surface area (Å²) in [5.74, 6) is -0.0954. The molecule has 0 radical (unpaired) electrons. The SMILES string of the molecule is COC[C@@H](C)NS(=O)(=O)c1ccc(C)c(C(=O)N2CCCC2)c1. The molecule has 1 aromatic carbocycles. The highest BCUT2D eigenvalue weighted by molar-refractivity contribution is 7.89. The molecule has 1 aromatic rings. The van der Waals surface area contributed by atoms with E-state index in [1.165, 1.54) is 19.2 Å². The van der Waals surface area contributed by atoms with Gasteiger partial charge in [0.15, 0.2) is 0 Å². The quantitative estimate of drug-likeness (QED) is 0.852. The maximum absolute atomic E-state index is 12.6. The fourth-order valence-corrected chi connectivity index (χ4v) is 3.96. The maximum atomic E-state index is 12.6. The number of ether oxygens (including phenoxy) is 1. The van der Waals surface area contributed by atoms with Gasteiger partial charge in [0.25, 0.3) is 5.91 Å². The van der Waals surface area contributed by atoms with E-state index in [1.54, 1.807) is 17.9 Å². The molecular formula is C16H24N2O4S. The normalized spacial score (nSPS) is 16.6. The van der Waals surface area contributed by atoms with Crippen LogP contribution in [0.25, 0.3) is 0 Å². The number of hydrogen-bond donors (Lipinski definition) is 1. The first-order chi connectivity index (χ1) is 10.8. The minimum absolute atomic E-state index is 0.0954. The largest absolute Gasteiger partial charge is 0.383 e. The van der Waals surface area contributed by atoms with Crippen LogP contribution in [0.4, 0.5) is 0 Å². The number of likely N-dealkylation sites (tertiary alicyclic amines) is 1. The monoisotopic (exact) mass is 340 g/mol. The van der Waals surface area contributed by atoms with E-state index in [9.17, 15) is 13.2 Å². The lowest BCUT2D eigenvalue weighted by molar-refractivity contribution is 0.0792. The molecule has 0 aromatic heterocycles. The van der Waals surface area contributed by atoms with E-state index in [1.807, 2.05) is 6.92 Å². The predicted molar refractivity (Wildman–Crippen MR) is 88.0 cm³/mol. The van der Waals surface area contributed by atoms with Gasteiger partial charge < -0.3 is 9.64 Å². The van der Waals surface area contributed by atoms with Crippen LogP contribution in [0.3, 0.4) is 0 Å². The third-order valence-electron chi connectivity index (χ3n) is 3.92. The number of hydrogen-bond acceptors (Lipinski definition) is 4. The van der Waals surface area contributed by atoms with Crippen molar-refractivity contribution < 1.29 is 17.9 Å². The van der Waals surface area contributed by atoms with E-state index in [-0.39, 0.29) is 23.5 Å². The Morgan fingerprint density at radius 2 is 2.00 bits per heavy atom. The van der Waals surface area contributed by atoms with Crippen molar-refractivity contribution in [3.63, 3.8) is 0 Å². The summed E-state index contributed by atoms with van der Waals surface area (Å²) < 4.78 is 32.4. The number of rotatable bonds is 6. The van der Waals surface area contributed by atoms with Gasteiger partial charge in [-0.15, -0.1) is 0 Å². The number of carbonyl (C=O) groups excluding carboxylic acids is 1. The van der Waals surface area contributed by atoms with Gasteiger partial charge in [0.05, 0.1) is 11.5 Å². The zero-order valence-electron chi connectivity index (χ0n) is 13.8. The molecule has 7 heteroatoms. The Labute approximate surface area is 137 Å². The van der Waals surface area contributed by atoms with Crippen molar-refractivity contribution in [1.29, 1.82) is 0 Å². The van der Waals surface area contributed by atoms with Gasteiger partial charge >= 0.3 is 0 Å². The highest BCUT2D eigenvalue weighted by atomic mass is 32.2. The van der Waals surface area contributed by atoms with Crippen LogP contribution in [0, 0.1) is 6.92 Å². The molecule has 23 heavy (non-hydrogen) atoms. The molecule has 0 spiro atoms. The Bertz CT molecular complexity index is 667. The molecule has 0 aliphatic carbocycles. The van der Waals surface area contributed by atoms with Crippen molar-refractivity contribution in [3.8, 4) is 0 Å². The minimum atomic E-state index is -3.68. The fourth-order valence-electron chi connectivity index (χ4n) is 2.71. The number of aryl methyl sites for hydroxylation is 1. The molecule has 128 valence electrons. The molecule has 1 atom stereocenters. The molecule has 1 fully saturated rings. The number of methoxy groups -OCH3 is 1. The fraction of sp³-hybridized carbons (Fsp3) is 0.562. The van der Waals surface area contributed by atoms with Gasteiger partial charge in [0.2, 0.25) is 10.0 Å². The molecule has 6 nitrogen and oxygen atoms in total. The van der Waals surface area contributed by atoms with Crippen LogP contribution in [0.2, 0.25) is 0 Å². The van der Waals surface area contributed by atoms with E-state index in [4.69, 9.17) is 4.74 Å².